The summed E-state index contributed by atoms with van der Waals surface area (Å²) >= 11 is 14.2. The highest BCUT2D eigenvalue weighted by atomic mass is 35.5. The third-order valence-corrected chi connectivity index (χ3v) is 9.41. The number of nitrogens with one attached hydrogen (secondary N) is 2. The number of amides is 2. The number of aromatic nitrogens is 3. The van der Waals surface area contributed by atoms with E-state index in [2.05, 4.69) is 15.6 Å². The second-order valence-corrected chi connectivity index (χ2v) is 14.8. The Bertz CT molecular complexity index is 2240. The normalized spacial score (nSPS) is 11.6. The van der Waals surface area contributed by atoms with E-state index in [4.69, 9.17) is 42.8 Å². The number of likely N-dealkylation sites (N-methyl/N-ethyl adjacent to an activating group) is 2. The van der Waals surface area contributed by atoms with Gasteiger partial charge in [-0.3, -0.25) is 9.20 Å². The summed E-state index contributed by atoms with van der Waals surface area (Å²) < 4.78 is 12.4. The lowest BCUT2D eigenvalue weighted by Gasteiger charge is -2.21. The molecule has 0 radical (unpaired) electrons. The Hall–Kier alpha value is -5.21. The van der Waals surface area contributed by atoms with E-state index in [0.717, 1.165) is 22.3 Å². The number of alkyl carbamates (subject to hydrolysis) is 1. The van der Waals surface area contributed by atoms with Gasteiger partial charge < -0.3 is 35.0 Å². The number of halogens is 2. The van der Waals surface area contributed by atoms with Crippen LogP contribution in [-0.2, 0) is 17.8 Å². The number of carbonyl (C=O) groups excluding carboxylic acids is 1. The monoisotopic (exact) mass is 789 g/mol. The third-order valence-electron chi connectivity index (χ3n) is 8.60. The van der Waals surface area contributed by atoms with Gasteiger partial charge in [0.15, 0.2) is 0 Å². The Balaban J connectivity index is 1.34. The molecule has 0 aliphatic carbocycles. The lowest BCUT2D eigenvalue weighted by atomic mass is 9.97. The predicted molar refractivity (Wildman–Crippen MR) is 215 cm³/mol. The summed E-state index contributed by atoms with van der Waals surface area (Å²) in [4.78, 5) is 49.4. The fourth-order valence-electron chi connectivity index (χ4n) is 5.96. The van der Waals surface area contributed by atoms with Crippen LogP contribution in [0.3, 0.4) is 0 Å². The van der Waals surface area contributed by atoms with Gasteiger partial charge in [-0.15, -0.1) is 0 Å². The molecule has 5 rings (SSSR count). The SMILES string of the molecule is COc1nc(-c2cccc(-c3cccc(-c4ccn5c(=O)c(CN(C)CCNC(=O)OC(C)(C)C)cnc5c4)c3Cl)c2Cl)ccc1CN(C)CCNC(=O)O. The molecule has 3 heterocycles. The van der Waals surface area contributed by atoms with Crippen LogP contribution >= 0.6 is 23.2 Å². The number of carboxylic acid groups (broad SMARTS) is 1. The fourth-order valence-corrected chi connectivity index (χ4v) is 6.62. The van der Waals surface area contributed by atoms with Gasteiger partial charge in [0.25, 0.3) is 5.56 Å². The van der Waals surface area contributed by atoms with E-state index < -0.39 is 17.8 Å². The largest absolute Gasteiger partial charge is 0.481 e. The number of hydrogen-bond donors (Lipinski definition) is 3. The topological polar surface area (TPSA) is 151 Å². The van der Waals surface area contributed by atoms with Crippen molar-refractivity contribution in [3.8, 4) is 39.4 Å². The molecule has 3 aromatic heterocycles. The third kappa shape index (κ3) is 10.5. The Labute approximate surface area is 329 Å². The first-order valence-corrected chi connectivity index (χ1v) is 18.3. The number of rotatable bonds is 14. The number of fused-ring (bicyclic) bond motifs is 1. The highest BCUT2D eigenvalue weighted by molar-refractivity contribution is 6.39. The summed E-state index contributed by atoms with van der Waals surface area (Å²) in [5, 5.41) is 14.9. The molecule has 290 valence electrons. The first-order chi connectivity index (χ1) is 26.1. The van der Waals surface area contributed by atoms with Crippen molar-refractivity contribution >= 4 is 41.0 Å². The van der Waals surface area contributed by atoms with Crippen LogP contribution in [0, 0.1) is 0 Å². The van der Waals surface area contributed by atoms with E-state index in [1.165, 1.54) is 4.40 Å². The zero-order chi connectivity index (χ0) is 39.9. The zero-order valence-electron chi connectivity index (χ0n) is 31.7. The van der Waals surface area contributed by atoms with Gasteiger partial charge in [-0.2, -0.15) is 0 Å². The number of carbonyl (C=O) groups is 2. The molecule has 13 nitrogen and oxygen atoms in total. The lowest BCUT2D eigenvalue weighted by Crippen LogP contribution is -2.37. The summed E-state index contributed by atoms with van der Waals surface area (Å²) in [6.07, 6.45) is 1.72. The predicted octanol–water partition coefficient (Wildman–Crippen LogP) is 7.06. The molecule has 0 saturated heterocycles. The van der Waals surface area contributed by atoms with Gasteiger partial charge in [-0.1, -0.05) is 65.7 Å². The number of benzene rings is 2. The van der Waals surface area contributed by atoms with Crippen LogP contribution < -0.4 is 20.9 Å². The summed E-state index contributed by atoms with van der Waals surface area (Å²) in [6.45, 7) is 7.94. The van der Waals surface area contributed by atoms with Crippen molar-refractivity contribution in [3.63, 3.8) is 0 Å². The maximum atomic E-state index is 13.4. The molecular weight excluding hydrogens is 745 g/mol. The van der Waals surface area contributed by atoms with Gasteiger partial charge in [-0.05, 0) is 58.6 Å². The van der Waals surface area contributed by atoms with E-state index in [1.54, 1.807) is 40.3 Å². The van der Waals surface area contributed by atoms with Crippen molar-refractivity contribution in [1.82, 2.24) is 34.8 Å². The average Bonchev–Trinajstić information content (AvgIpc) is 3.12. The van der Waals surface area contributed by atoms with Gasteiger partial charge in [0.2, 0.25) is 5.88 Å². The van der Waals surface area contributed by atoms with Gasteiger partial charge in [0.05, 0.1) is 28.4 Å². The van der Waals surface area contributed by atoms with E-state index in [1.807, 2.05) is 84.6 Å². The molecule has 55 heavy (non-hydrogen) atoms. The van der Waals surface area contributed by atoms with E-state index in [0.29, 0.717) is 83.2 Å². The van der Waals surface area contributed by atoms with Crippen molar-refractivity contribution < 1.29 is 24.2 Å². The van der Waals surface area contributed by atoms with Crippen LogP contribution in [0.15, 0.2) is 77.9 Å². The van der Waals surface area contributed by atoms with Gasteiger partial charge in [0.1, 0.15) is 11.2 Å². The summed E-state index contributed by atoms with van der Waals surface area (Å²) in [5.41, 5.74) is 5.31. The van der Waals surface area contributed by atoms with Crippen molar-refractivity contribution in [2.24, 2.45) is 0 Å². The molecule has 2 amide bonds. The molecule has 0 fully saturated rings. The van der Waals surface area contributed by atoms with Gasteiger partial charge in [-0.25, -0.2) is 19.6 Å². The van der Waals surface area contributed by atoms with Crippen LogP contribution in [0.5, 0.6) is 5.88 Å². The number of pyridine rings is 2. The van der Waals surface area contributed by atoms with Crippen molar-refractivity contribution in [1.29, 1.82) is 0 Å². The number of hydrogen-bond acceptors (Lipinski definition) is 9. The van der Waals surface area contributed by atoms with Crippen molar-refractivity contribution in [2.45, 2.75) is 39.5 Å². The molecular formula is C40H45Cl2N7O6. The van der Waals surface area contributed by atoms with Crippen LogP contribution in [0.25, 0.3) is 39.2 Å². The summed E-state index contributed by atoms with van der Waals surface area (Å²) in [7, 11) is 5.31. The second kappa shape index (κ2) is 17.9. The average molecular weight is 791 g/mol. The number of methoxy groups -OCH3 is 1. The zero-order valence-corrected chi connectivity index (χ0v) is 33.2. The van der Waals surface area contributed by atoms with Gasteiger partial charge in [0, 0.05) is 79.5 Å². The Morgan fingerprint density at radius 3 is 2.09 bits per heavy atom. The molecule has 15 heteroatoms. The van der Waals surface area contributed by atoms with Crippen LogP contribution in [0.4, 0.5) is 9.59 Å². The maximum absolute atomic E-state index is 13.4. The number of nitrogens with zero attached hydrogens (tertiary/aromatic N) is 5. The summed E-state index contributed by atoms with van der Waals surface area (Å²) in [5.74, 6) is 0.438. The van der Waals surface area contributed by atoms with Crippen molar-refractivity contribution in [3.05, 3.63) is 105 Å². The molecule has 0 saturated carbocycles. The molecule has 3 N–H and O–H groups in total. The van der Waals surface area contributed by atoms with Crippen molar-refractivity contribution in [2.75, 3.05) is 47.4 Å². The van der Waals surface area contributed by atoms with Crippen LogP contribution in [0.1, 0.15) is 31.9 Å². The molecule has 5 aromatic rings. The van der Waals surface area contributed by atoms with Crippen LogP contribution in [-0.4, -0.2) is 94.4 Å². The van der Waals surface area contributed by atoms with Gasteiger partial charge >= 0.3 is 12.2 Å². The molecule has 0 bridgehead atoms. The lowest BCUT2D eigenvalue weighted by molar-refractivity contribution is 0.0523. The second-order valence-electron chi connectivity index (χ2n) is 14.1. The highest BCUT2D eigenvalue weighted by Crippen LogP contribution is 2.42. The minimum Gasteiger partial charge on any atom is -0.481 e. The highest BCUT2D eigenvalue weighted by Gasteiger charge is 2.19. The maximum Gasteiger partial charge on any atom is 0.407 e. The number of ether oxygens (including phenoxy) is 2. The smallest absolute Gasteiger partial charge is 0.407 e. The van der Waals surface area contributed by atoms with E-state index >= 15 is 0 Å². The standard InChI is InChI=1S/C40H45Cl2N7O6/c1-40(2,3)55-39(53)44-17-20-48(5)24-27-22-45-33-21-25(15-18-49(33)37(27)50)28-9-7-10-29(34(28)41)30-11-8-12-31(35(30)42)32-14-13-26(36(46-32)54-6)23-47(4)19-16-43-38(51)52/h7-15,18,21-22,43H,16-17,19-20,23-24H2,1-6H3,(H,44,53)(H,51,52). The Kier molecular flexibility index (Phi) is 13.4. The Morgan fingerprint density at radius 1 is 0.855 bits per heavy atom. The fraction of sp³-hybridized carbons (Fsp3) is 0.325. The quantitative estimate of drug-likeness (QED) is 0.107. The molecule has 0 aliphatic rings. The van der Waals surface area contributed by atoms with E-state index in [9.17, 15) is 14.4 Å². The first kappa shape index (κ1) is 41.0. The molecule has 0 aliphatic heterocycles. The molecule has 0 unspecified atom stereocenters. The minimum absolute atomic E-state index is 0.190. The first-order valence-electron chi connectivity index (χ1n) is 17.6. The van der Waals surface area contributed by atoms with Crippen LogP contribution in [0.2, 0.25) is 10.0 Å². The van der Waals surface area contributed by atoms with E-state index in [-0.39, 0.29) is 5.56 Å². The summed E-state index contributed by atoms with van der Waals surface area (Å²) in [6, 6.07) is 18.8. The Morgan fingerprint density at radius 2 is 1.45 bits per heavy atom. The molecule has 0 atom stereocenters. The molecule has 0 spiro atoms. The minimum atomic E-state index is -1.06. The molecule has 2 aromatic carbocycles.